The van der Waals surface area contributed by atoms with E-state index in [0.717, 1.165) is 25.9 Å². The zero-order valence-electron chi connectivity index (χ0n) is 12.6. The molecule has 0 saturated carbocycles. The van der Waals surface area contributed by atoms with Crippen molar-refractivity contribution in [1.29, 1.82) is 0 Å². The summed E-state index contributed by atoms with van der Waals surface area (Å²) in [6.07, 6.45) is 2.69. The number of carbonyl (C=O) groups excluding carboxylic acids is 1. The Kier molecular flexibility index (Phi) is 4.52. The lowest BCUT2D eigenvalue weighted by atomic mass is 10.0. The fourth-order valence-electron chi connectivity index (χ4n) is 3.27. The van der Waals surface area contributed by atoms with Crippen LogP contribution in [0.3, 0.4) is 0 Å². The third kappa shape index (κ3) is 2.90. The van der Waals surface area contributed by atoms with Gasteiger partial charge in [-0.3, -0.25) is 4.79 Å². The smallest absolute Gasteiger partial charge is 0.320 e. The van der Waals surface area contributed by atoms with Crippen LogP contribution < -0.4 is 0 Å². The van der Waals surface area contributed by atoms with Crippen LogP contribution in [0.5, 0.6) is 0 Å². The van der Waals surface area contributed by atoms with E-state index >= 15 is 0 Å². The molecule has 2 saturated heterocycles. The van der Waals surface area contributed by atoms with Crippen molar-refractivity contribution >= 4 is 12.0 Å². The van der Waals surface area contributed by atoms with Crippen molar-refractivity contribution < 1.29 is 14.7 Å². The number of likely N-dealkylation sites (N-methyl/N-ethyl adjacent to an activating group) is 1. The van der Waals surface area contributed by atoms with E-state index in [9.17, 15) is 9.59 Å². The Morgan fingerprint density at radius 2 is 1.90 bits per heavy atom. The normalized spacial score (nSPS) is 30.9. The molecular formula is C14H25N3O3. The zero-order valence-corrected chi connectivity index (χ0v) is 12.6. The molecule has 2 aliphatic rings. The van der Waals surface area contributed by atoms with Crippen molar-refractivity contribution in [3.63, 3.8) is 0 Å². The van der Waals surface area contributed by atoms with E-state index in [0.29, 0.717) is 19.0 Å². The molecule has 0 radical (unpaired) electrons. The Labute approximate surface area is 120 Å². The third-order valence-electron chi connectivity index (χ3n) is 4.72. The number of hydrogen-bond donors (Lipinski definition) is 1. The molecule has 0 bridgehead atoms. The van der Waals surface area contributed by atoms with E-state index in [2.05, 4.69) is 4.90 Å². The Hall–Kier alpha value is -1.30. The number of carboxylic acid groups (broad SMARTS) is 1. The molecule has 0 aliphatic carbocycles. The second-order valence-electron chi connectivity index (χ2n) is 6.16. The first-order valence-corrected chi connectivity index (χ1v) is 7.36. The highest BCUT2D eigenvalue weighted by Crippen LogP contribution is 2.26. The van der Waals surface area contributed by atoms with Crippen molar-refractivity contribution in [2.75, 3.05) is 33.7 Å². The molecule has 2 heterocycles. The zero-order chi connectivity index (χ0) is 14.9. The molecule has 2 rings (SSSR count). The summed E-state index contributed by atoms with van der Waals surface area (Å²) in [5, 5.41) is 9.15. The average molecular weight is 283 g/mol. The van der Waals surface area contributed by atoms with Gasteiger partial charge < -0.3 is 19.8 Å². The second-order valence-corrected chi connectivity index (χ2v) is 6.16. The lowest BCUT2D eigenvalue weighted by Gasteiger charge is -2.39. The van der Waals surface area contributed by atoms with Gasteiger partial charge in [0.2, 0.25) is 0 Å². The van der Waals surface area contributed by atoms with Gasteiger partial charge >= 0.3 is 12.0 Å². The summed E-state index contributed by atoms with van der Waals surface area (Å²) in [7, 11) is 4.08. The highest BCUT2D eigenvalue weighted by Gasteiger charge is 2.40. The topological polar surface area (TPSA) is 64.1 Å². The Bertz CT molecular complexity index is 386. The summed E-state index contributed by atoms with van der Waals surface area (Å²) in [5.41, 5.74) is 0. The number of amides is 2. The molecule has 2 fully saturated rings. The van der Waals surface area contributed by atoms with Gasteiger partial charge in [0.15, 0.2) is 0 Å². The Morgan fingerprint density at radius 1 is 1.20 bits per heavy atom. The summed E-state index contributed by atoms with van der Waals surface area (Å²) in [5.74, 6) is -1.22. The van der Waals surface area contributed by atoms with Gasteiger partial charge in [0.25, 0.3) is 0 Å². The number of rotatable bonds is 2. The highest BCUT2D eigenvalue weighted by molar-refractivity contribution is 5.78. The van der Waals surface area contributed by atoms with Crippen LogP contribution in [0.2, 0.25) is 0 Å². The molecule has 2 aliphatic heterocycles. The quantitative estimate of drug-likeness (QED) is 0.819. The van der Waals surface area contributed by atoms with E-state index in [1.807, 2.05) is 25.9 Å². The van der Waals surface area contributed by atoms with E-state index < -0.39 is 11.9 Å². The van der Waals surface area contributed by atoms with Crippen molar-refractivity contribution in [3.05, 3.63) is 0 Å². The van der Waals surface area contributed by atoms with Crippen LogP contribution in [0.1, 0.15) is 26.2 Å². The fourth-order valence-corrected chi connectivity index (χ4v) is 3.27. The Balaban J connectivity index is 1.99. The van der Waals surface area contributed by atoms with Crippen molar-refractivity contribution in [2.45, 2.75) is 38.3 Å². The van der Waals surface area contributed by atoms with Crippen LogP contribution in [-0.2, 0) is 4.79 Å². The number of piperidine rings is 1. The van der Waals surface area contributed by atoms with Crippen LogP contribution >= 0.6 is 0 Å². The van der Waals surface area contributed by atoms with E-state index in [1.165, 1.54) is 0 Å². The molecule has 3 atom stereocenters. The number of likely N-dealkylation sites (tertiary alicyclic amines) is 2. The van der Waals surface area contributed by atoms with Crippen molar-refractivity contribution in [1.82, 2.24) is 14.7 Å². The lowest BCUT2D eigenvalue weighted by Crippen LogP contribution is -2.53. The molecule has 1 N–H and O–H groups in total. The molecule has 114 valence electrons. The summed E-state index contributed by atoms with van der Waals surface area (Å²) in [6, 6.07) is 0.202. The second kappa shape index (κ2) is 5.99. The molecular weight excluding hydrogens is 258 g/mol. The first-order valence-electron chi connectivity index (χ1n) is 7.36. The van der Waals surface area contributed by atoms with E-state index in [4.69, 9.17) is 5.11 Å². The fraction of sp³-hybridized carbons (Fsp3) is 0.857. The minimum atomic E-state index is -0.794. The first kappa shape index (κ1) is 15.1. The maximum Gasteiger partial charge on any atom is 0.320 e. The predicted octanol–water partition coefficient (Wildman–Crippen LogP) is 0.927. The maximum absolute atomic E-state index is 12.6. The summed E-state index contributed by atoms with van der Waals surface area (Å²) in [6.45, 7) is 3.92. The molecule has 3 unspecified atom stereocenters. The number of urea groups is 1. The van der Waals surface area contributed by atoms with Crippen LogP contribution in [-0.4, -0.2) is 77.6 Å². The summed E-state index contributed by atoms with van der Waals surface area (Å²) < 4.78 is 0. The molecule has 0 aromatic rings. The van der Waals surface area contributed by atoms with Crippen LogP contribution in [0.4, 0.5) is 4.79 Å². The van der Waals surface area contributed by atoms with Gasteiger partial charge in [0.1, 0.15) is 0 Å². The van der Waals surface area contributed by atoms with Gasteiger partial charge in [-0.05, 0) is 40.3 Å². The molecule has 6 nitrogen and oxygen atoms in total. The van der Waals surface area contributed by atoms with Gasteiger partial charge in [-0.2, -0.15) is 0 Å². The van der Waals surface area contributed by atoms with Gasteiger partial charge in [0, 0.05) is 31.7 Å². The largest absolute Gasteiger partial charge is 0.481 e. The number of nitrogens with zero attached hydrogens (tertiary/aromatic N) is 3. The predicted molar refractivity (Wildman–Crippen MR) is 75.6 cm³/mol. The Morgan fingerprint density at radius 3 is 2.45 bits per heavy atom. The number of aliphatic carboxylic acids is 1. The van der Waals surface area contributed by atoms with Crippen LogP contribution in [0.15, 0.2) is 0 Å². The van der Waals surface area contributed by atoms with Gasteiger partial charge in [-0.1, -0.05) is 0 Å². The monoisotopic (exact) mass is 283 g/mol. The van der Waals surface area contributed by atoms with Gasteiger partial charge in [0.05, 0.1) is 5.92 Å². The third-order valence-corrected chi connectivity index (χ3v) is 4.72. The number of carbonyl (C=O) groups is 2. The van der Waals surface area contributed by atoms with Crippen LogP contribution in [0.25, 0.3) is 0 Å². The SMILES string of the molecule is CC1C(C(=O)O)CCN1C(=O)N1CCCC(N(C)C)C1. The standard InChI is InChI=1S/C14H25N3O3/c1-10-12(13(18)19)6-8-17(10)14(20)16-7-4-5-11(9-16)15(2)3/h10-12H,4-9H2,1-3H3,(H,18,19). The molecule has 0 aromatic carbocycles. The molecule has 0 spiro atoms. The van der Waals surface area contributed by atoms with Crippen LogP contribution in [0, 0.1) is 5.92 Å². The first-order chi connectivity index (χ1) is 9.41. The average Bonchev–Trinajstić information content (AvgIpc) is 2.80. The minimum Gasteiger partial charge on any atom is -0.481 e. The van der Waals surface area contributed by atoms with E-state index in [-0.39, 0.29) is 12.1 Å². The highest BCUT2D eigenvalue weighted by atomic mass is 16.4. The summed E-state index contributed by atoms with van der Waals surface area (Å²) >= 11 is 0. The van der Waals surface area contributed by atoms with E-state index in [1.54, 1.807) is 4.90 Å². The molecule has 2 amide bonds. The molecule has 20 heavy (non-hydrogen) atoms. The molecule has 0 aromatic heterocycles. The van der Waals surface area contributed by atoms with Crippen molar-refractivity contribution in [2.24, 2.45) is 5.92 Å². The lowest BCUT2D eigenvalue weighted by molar-refractivity contribution is -0.142. The van der Waals surface area contributed by atoms with Crippen molar-refractivity contribution in [3.8, 4) is 0 Å². The van der Waals surface area contributed by atoms with Gasteiger partial charge in [-0.25, -0.2) is 4.79 Å². The van der Waals surface area contributed by atoms with Gasteiger partial charge in [-0.15, -0.1) is 0 Å². The minimum absolute atomic E-state index is 0.00722. The summed E-state index contributed by atoms with van der Waals surface area (Å²) in [4.78, 5) is 29.5. The maximum atomic E-state index is 12.6. The molecule has 6 heteroatoms. The number of carboxylic acids is 1. The number of hydrogen-bond acceptors (Lipinski definition) is 3.